The molecular formula is C7H16OS2. The number of rotatable bonds is 3. The predicted molar refractivity (Wildman–Crippen MR) is 54.0 cm³/mol. The zero-order valence-electron chi connectivity index (χ0n) is 6.63. The SMILES string of the molecule is CCCCCC.OC(=S)S. The summed E-state index contributed by atoms with van der Waals surface area (Å²) in [5.41, 5.74) is 0. The van der Waals surface area contributed by atoms with Crippen molar-refractivity contribution >= 4 is 29.2 Å². The Kier molecular flexibility index (Phi) is 15.4. The molecular weight excluding hydrogens is 164 g/mol. The van der Waals surface area contributed by atoms with Gasteiger partial charge in [-0.25, -0.2) is 0 Å². The number of aliphatic hydroxyl groups excluding tert-OH is 1. The van der Waals surface area contributed by atoms with E-state index in [-0.39, 0.29) is 4.38 Å². The Balaban J connectivity index is 0. The highest BCUT2D eigenvalue weighted by Crippen LogP contribution is 1.95. The summed E-state index contributed by atoms with van der Waals surface area (Å²) in [6.45, 7) is 4.46. The minimum absolute atomic E-state index is 0.306. The highest BCUT2D eigenvalue weighted by Gasteiger charge is 1.75. The maximum absolute atomic E-state index is 7.65. The molecule has 0 radical (unpaired) electrons. The first-order valence-corrected chi connectivity index (χ1v) is 4.42. The van der Waals surface area contributed by atoms with Crippen LogP contribution in [0.1, 0.15) is 39.5 Å². The molecule has 0 fully saturated rings. The molecule has 0 aromatic rings. The lowest BCUT2D eigenvalue weighted by atomic mass is 10.2. The van der Waals surface area contributed by atoms with Gasteiger partial charge in [-0.05, 0) is 12.2 Å². The van der Waals surface area contributed by atoms with Gasteiger partial charge >= 0.3 is 0 Å². The fraction of sp³-hybridized carbons (Fsp3) is 0.857. The van der Waals surface area contributed by atoms with Crippen molar-refractivity contribution in [1.82, 2.24) is 0 Å². The van der Waals surface area contributed by atoms with Gasteiger partial charge in [0.05, 0.1) is 0 Å². The first-order chi connectivity index (χ1) is 4.65. The van der Waals surface area contributed by atoms with Crippen molar-refractivity contribution in [1.29, 1.82) is 0 Å². The van der Waals surface area contributed by atoms with Crippen molar-refractivity contribution < 1.29 is 5.11 Å². The molecule has 0 aromatic carbocycles. The van der Waals surface area contributed by atoms with Crippen LogP contribution < -0.4 is 0 Å². The smallest absolute Gasteiger partial charge is 0.214 e. The molecule has 0 unspecified atom stereocenters. The van der Waals surface area contributed by atoms with Crippen molar-refractivity contribution in [2.45, 2.75) is 39.5 Å². The van der Waals surface area contributed by atoms with Crippen LogP contribution >= 0.6 is 24.8 Å². The normalized spacial score (nSPS) is 7.90. The average Bonchev–Trinajstić information content (AvgIpc) is 1.82. The van der Waals surface area contributed by atoms with Crippen LogP contribution in [0.15, 0.2) is 0 Å². The molecule has 0 aliphatic heterocycles. The van der Waals surface area contributed by atoms with E-state index >= 15 is 0 Å². The van der Waals surface area contributed by atoms with Gasteiger partial charge < -0.3 is 5.11 Å². The Morgan fingerprint density at radius 2 is 1.50 bits per heavy atom. The summed E-state index contributed by atoms with van der Waals surface area (Å²) in [4.78, 5) is 0. The van der Waals surface area contributed by atoms with E-state index in [2.05, 4.69) is 38.7 Å². The first-order valence-electron chi connectivity index (χ1n) is 3.57. The highest BCUT2D eigenvalue weighted by molar-refractivity contribution is 8.10. The second-order valence-electron chi connectivity index (χ2n) is 1.99. The molecule has 10 heavy (non-hydrogen) atoms. The van der Waals surface area contributed by atoms with E-state index < -0.39 is 0 Å². The van der Waals surface area contributed by atoms with Crippen molar-refractivity contribution in [2.75, 3.05) is 0 Å². The lowest BCUT2D eigenvalue weighted by Crippen LogP contribution is -1.66. The van der Waals surface area contributed by atoms with Gasteiger partial charge in [0.2, 0.25) is 4.38 Å². The van der Waals surface area contributed by atoms with Gasteiger partial charge in [-0.15, -0.1) is 0 Å². The molecule has 3 heteroatoms. The van der Waals surface area contributed by atoms with Gasteiger partial charge in [0.15, 0.2) is 0 Å². The Labute approximate surface area is 74.2 Å². The van der Waals surface area contributed by atoms with Crippen molar-refractivity contribution in [3.8, 4) is 0 Å². The molecule has 0 saturated heterocycles. The molecule has 0 saturated carbocycles. The van der Waals surface area contributed by atoms with Crippen LogP contribution in [0.5, 0.6) is 0 Å². The zero-order valence-corrected chi connectivity index (χ0v) is 8.34. The van der Waals surface area contributed by atoms with Crippen LogP contribution in [0.25, 0.3) is 0 Å². The molecule has 0 atom stereocenters. The summed E-state index contributed by atoms with van der Waals surface area (Å²) in [6, 6.07) is 0. The van der Waals surface area contributed by atoms with Crippen molar-refractivity contribution in [3.05, 3.63) is 0 Å². The third-order valence-corrected chi connectivity index (χ3v) is 0.957. The molecule has 0 aliphatic carbocycles. The molecule has 0 spiro atoms. The van der Waals surface area contributed by atoms with Crippen LogP contribution in [-0.2, 0) is 0 Å². The molecule has 1 nitrogen and oxygen atoms in total. The lowest BCUT2D eigenvalue weighted by molar-refractivity contribution is 0.586. The Hall–Kier alpha value is 0.240. The molecule has 0 rings (SSSR count). The van der Waals surface area contributed by atoms with Crippen LogP contribution in [0.2, 0.25) is 0 Å². The first kappa shape index (κ1) is 12.9. The van der Waals surface area contributed by atoms with Crippen LogP contribution in [0.4, 0.5) is 0 Å². The molecule has 62 valence electrons. The van der Waals surface area contributed by atoms with Gasteiger partial charge in [-0.2, -0.15) is 0 Å². The Bertz CT molecular complexity index is 66.0. The van der Waals surface area contributed by atoms with Crippen LogP contribution in [0, 0.1) is 0 Å². The van der Waals surface area contributed by atoms with Crippen molar-refractivity contribution in [2.24, 2.45) is 0 Å². The fourth-order valence-corrected chi connectivity index (χ4v) is 0.500. The molecule has 0 bridgehead atoms. The molecule has 0 aromatic heterocycles. The van der Waals surface area contributed by atoms with E-state index in [1.807, 2.05) is 0 Å². The largest absolute Gasteiger partial charge is 0.494 e. The number of thiocarbonyl (C=S) groups is 1. The minimum atomic E-state index is -0.306. The van der Waals surface area contributed by atoms with E-state index in [1.54, 1.807) is 0 Å². The molecule has 0 heterocycles. The van der Waals surface area contributed by atoms with E-state index in [0.29, 0.717) is 0 Å². The quantitative estimate of drug-likeness (QED) is 0.394. The monoisotopic (exact) mass is 180 g/mol. The van der Waals surface area contributed by atoms with Crippen molar-refractivity contribution in [3.63, 3.8) is 0 Å². The van der Waals surface area contributed by atoms with Gasteiger partial charge in [-0.3, -0.25) is 0 Å². The number of hydrogen-bond acceptors (Lipinski definition) is 1. The van der Waals surface area contributed by atoms with E-state index in [4.69, 9.17) is 5.11 Å². The number of thiol groups is 1. The maximum Gasteiger partial charge on any atom is 0.214 e. The summed E-state index contributed by atoms with van der Waals surface area (Å²) in [7, 11) is 0. The summed E-state index contributed by atoms with van der Waals surface area (Å²) in [5, 5.41) is 7.65. The van der Waals surface area contributed by atoms with Gasteiger partial charge in [-0.1, -0.05) is 52.2 Å². The summed E-state index contributed by atoms with van der Waals surface area (Å²) in [6.07, 6.45) is 5.54. The van der Waals surface area contributed by atoms with Crippen LogP contribution in [0.3, 0.4) is 0 Å². The zero-order chi connectivity index (χ0) is 8.41. The summed E-state index contributed by atoms with van der Waals surface area (Å²) < 4.78 is -0.306. The van der Waals surface area contributed by atoms with E-state index in [9.17, 15) is 0 Å². The number of unbranched alkanes of at least 4 members (excludes halogenated alkanes) is 3. The standard InChI is InChI=1S/C6H14.CH2OS2/c1-3-5-6-4-2;2-1(3)4/h3-6H2,1-2H3;(H2,2,3,4). The Morgan fingerprint density at radius 3 is 1.60 bits per heavy atom. The van der Waals surface area contributed by atoms with Gasteiger partial charge in [0.1, 0.15) is 0 Å². The maximum atomic E-state index is 7.65. The number of hydrogen-bond donors (Lipinski definition) is 2. The second kappa shape index (κ2) is 12.0. The fourth-order valence-electron chi connectivity index (χ4n) is 0.500. The van der Waals surface area contributed by atoms with Gasteiger partial charge in [0, 0.05) is 0 Å². The topological polar surface area (TPSA) is 20.2 Å². The summed E-state index contributed by atoms with van der Waals surface area (Å²) >= 11 is 7.21. The third-order valence-electron chi connectivity index (χ3n) is 0.957. The van der Waals surface area contributed by atoms with Gasteiger partial charge in [0.25, 0.3) is 0 Å². The van der Waals surface area contributed by atoms with E-state index in [0.717, 1.165) is 0 Å². The number of aliphatic hydroxyl groups is 1. The third kappa shape index (κ3) is 41.1. The van der Waals surface area contributed by atoms with E-state index in [1.165, 1.54) is 25.7 Å². The highest BCUT2D eigenvalue weighted by atomic mass is 32.1. The minimum Gasteiger partial charge on any atom is -0.494 e. The molecule has 0 aliphatic rings. The second-order valence-corrected chi connectivity index (χ2v) is 3.10. The van der Waals surface area contributed by atoms with Crippen LogP contribution in [-0.4, -0.2) is 9.49 Å². The predicted octanol–water partition coefficient (Wildman–Crippen LogP) is 3.35. The molecule has 1 N–H and O–H groups in total. The molecule has 0 amide bonds. The Morgan fingerprint density at radius 1 is 1.30 bits per heavy atom. The average molecular weight is 180 g/mol. The summed E-state index contributed by atoms with van der Waals surface area (Å²) in [5.74, 6) is 0. The lowest BCUT2D eigenvalue weighted by Gasteiger charge is -1.86.